The first-order valence-corrected chi connectivity index (χ1v) is 9.80. The topological polar surface area (TPSA) is 55.4 Å². The Morgan fingerprint density at radius 1 is 0.905 bits per heavy atom. The molecule has 1 N–H and O–H groups in total. The van der Waals surface area contributed by atoms with Crippen LogP contribution in [0.2, 0.25) is 0 Å². The molecule has 1 atom stereocenters. The summed E-state index contributed by atoms with van der Waals surface area (Å²) < 4.78 is 27.7. The predicted octanol–water partition coefficient (Wildman–Crippen LogP) is 3.79. The average Bonchev–Trinajstić information content (AvgIpc) is 2.41. The molecule has 0 aliphatic carbocycles. The zero-order valence-corrected chi connectivity index (χ0v) is 17.3. The smallest absolute Gasteiger partial charge is 0.198 e. The Labute approximate surface area is 154 Å². The third-order valence-electron chi connectivity index (χ3n) is 3.44. The zero-order valence-electron chi connectivity index (χ0n) is 14.5. The van der Waals surface area contributed by atoms with Crippen LogP contribution in [0.5, 0.6) is 0 Å². The molecular weight excluding hydrogens is 297 g/mol. The molecule has 123 valence electrons. The Kier molecular flexibility index (Phi) is 18.1. The van der Waals surface area contributed by atoms with E-state index in [1.54, 1.807) is 0 Å². The van der Waals surface area contributed by atoms with Gasteiger partial charge in [0.25, 0.3) is 10.1 Å². The van der Waals surface area contributed by atoms with Gasteiger partial charge in [0.1, 0.15) is 0 Å². The van der Waals surface area contributed by atoms with Crippen LogP contribution in [0.3, 0.4) is 0 Å². The van der Waals surface area contributed by atoms with Crippen molar-refractivity contribution in [2.75, 3.05) is 5.75 Å². The maximum absolute atomic E-state index is 11.4. The van der Waals surface area contributed by atoms with E-state index in [0.717, 1.165) is 19.3 Å². The fourth-order valence-corrected chi connectivity index (χ4v) is 2.99. The molecule has 4 nitrogen and oxygen atoms in total. The number of rotatable bonds is 14. The van der Waals surface area contributed by atoms with Crippen LogP contribution >= 0.6 is 0 Å². The maximum Gasteiger partial charge on any atom is 0.283 e. The summed E-state index contributed by atoms with van der Waals surface area (Å²) in [7, 11) is -3.39. The minimum absolute atomic E-state index is 0. The van der Waals surface area contributed by atoms with Crippen LogP contribution in [0.4, 0.5) is 0 Å². The van der Waals surface area contributed by atoms with Gasteiger partial charge in [-0.25, -0.2) is 0 Å². The Balaban J connectivity index is 0. The van der Waals surface area contributed by atoms with Gasteiger partial charge in [0.05, 0.1) is 5.75 Å². The minimum atomic E-state index is -3.39. The second kappa shape index (κ2) is 15.8. The number of unbranched alkanes of at least 4 members (excludes halogenated alkanes) is 6. The maximum atomic E-state index is 11.4. The van der Waals surface area contributed by atoms with Gasteiger partial charge >= 0.3 is 0 Å². The molecule has 0 rings (SSSR count). The summed E-state index contributed by atoms with van der Waals surface area (Å²) in [6.45, 7) is 6.11. The number of hydroxylamine groups is 1. The van der Waals surface area contributed by atoms with Gasteiger partial charge in [0.2, 0.25) is 0 Å². The molecule has 0 heterocycles. The quantitative estimate of drug-likeness (QED) is 0.299. The normalized spacial score (nSPS) is 12.9. The Hall–Kier alpha value is 0.870. The number of nitrogens with one attached hydrogen (secondary N) is 1. The second-order valence-corrected chi connectivity index (χ2v) is 7.17. The molecule has 0 aromatic heterocycles. The van der Waals surface area contributed by atoms with Gasteiger partial charge in [-0.05, 0) is 19.3 Å². The molecule has 6 heteroatoms. The van der Waals surface area contributed by atoms with Crippen LogP contribution in [0.25, 0.3) is 0 Å². The Morgan fingerprint density at radius 3 is 2.00 bits per heavy atom. The van der Waals surface area contributed by atoms with Crippen LogP contribution in [0.15, 0.2) is 0 Å². The molecule has 0 bridgehead atoms. The van der Waals surface area contributed by atoms with Crippen molar-refractivity contribution in [1.82, 2.24) is 5.48 Å². The number of hydrogen-bond acceptors (Lipinski definition) is 4. The molecular formula is C15H33NNaO3S. The standard InChI is InChI=1S/C15H33NO3S.Na/c1-4-7-8-9-10-11-12-13-15(6-3)16-19-20(17,18)14-5-2;/h15-16H,4-14H2,1-3H3;. The molecule has 0 aromatic rings. The molecule has 1 radical (unpaired) electrons. The first-order valence-electron chi connectivity index (χ1n) is 8.22. The number of hydrogen-bond donors (Lipinski definition) is 1. The predicted molar refractivity (Wildman–Crippen MR) is 90.7 cm³/mol. The third kappa shape index (κ3) is 15.5. The van der Waals surface area contributed by atoms with Crippen molar-refractivity contribution in [1.29, 1.82) is 0 Å². The van der Waals surface area contributed by atoms with Crippen LogP contribution in [-0.4, -0.2) is 49.8 Å². The summed E-state index contributed by atoms with van der Waals surface area (Å²) in [6, 6.07) is 0.136. The van der Waals surface area contributed by atoms with E-state index in [-0.39, 0.29) is 41.4 Å². The fraction of sp³-hybridized carbons (Fsp3) is 1.00. The van der Waals surface area contributed by atoms with Crippen LogP contribution < -0.4 is 5.48 Å². The van der Waals surface area contributed by atoms with Gasteiger partial charge in [-0.15, -0.1) is 0 Å². The van der Waals surface area contributed by atoms with Gasteiger partial charge in [0, 0.05) is 35.6 Å². The third-order valence-corrected chi connectivity index (χ3v) is 4.70. The van der Waals surface area contributed by atoms with Crippen LogP contribution in [0.1, 0.15) is 85.0 Å². The summed E-state index contributed by atoms with van der Waals surface area (Å²) in [5, 5.41) is 0. The minimum Gasteiger partial charge on any atom is -0.198 e. The van der Waals surface area contributed by atoms with Crippen molar-refractivity contribution in [3.63, 3.8) is 0 Å². The second-order valence-electron chi connectivity index (χ2n) is 5.48. The van der Waals surface area contributed by atoms with E-state index in [1.165, 1.54) is 38.5 Å². The van der Waals surface area contributed by atoms with Crippen molar-refractivity contribution in [2.24, 2.45) is 0 Å². The molecule has 0 saturated heterocycles. The van der Waals surface area contributed by atoms with Crippen molar-refractivity contribution < 1.29 is 12.7 Å². The van der Waals surface area contributed by atoms with Crippen molar-refractivity contribution in [3.05, 3.63) is 0 Å². The van der Waals surface area contributed by atoms with E-state index in [4.69, 9.17) is 4.28 Å². The molecule has 21 heavy (non-hydrogen) atoms. The largest absolute Gasteiger partial charge is 0.283 e. The molecule has 0 amide bonds. The molecule has 1 unspecified atom stereocenters. The average molecular weight is 330 g/mol. The zero-order chi connectivity index (χ0) is 15.3. The molecule has 0 aliphatic heterocycles. The van der Waals surface area contributed by atoms with E-state index in [1.807, 2.05) is 6.92 Å². The molecule has 0 aliphatic rings. The van der Waals surface area contributed by atoms with E-state index < -0.39 is 10.1 Å². The summed E-state index contributed by atoms with van der Waals surface area (Å²) in [5.74, 6) is 0.0772. The van der Waals surface area contributed by atoms with Crippen molar-refractivity contribution >= 4 is 39.7 Å². The van der Waals surface area contributed by atoms with Crippen molar-refractivity contribution in [2.45, 2.75) is 91.0 Å². The summed E-state index contributed by atoms with van der Waals surface area (Å²) in [5.41, 5.74) is 2.72. The summed E-state index contributed by atoms with van der Waals surface area (Å²) in [6.07, 6.45) is 11.4. The molecule has 0 fully saturated rings. The molecule has 0 saturated carbocycles. The first kappa shape index (κ1) is 24.1. The fourth-order valence-electron chi connectivity index (χ4n) is 2.13. The molecule has 0 aromatic carbocycles. The Bertz CT molecular complexity index is 310. The Morgan fingerprint density at radius 2 is 1.48 bits per heavy atom. The monoisotopic (exact) mass is 330 g/mol. The van der Waals surface area contributed by atoms with Gasteiger partial charge in [-0.1, -0.05) is 65.7 Å². The molecule has 0 spiro atoms. The van der Waals surface area contributed by atoms with Crippen LogP contribution in [-0.2, 0) is 14.4 Å². The van der Waals surface area contributed by atoms with Crippen molar-refractivity contribution in [3.8, 4) is 0 Å². The van der Waals surface area contributed by atoms with E-state index in [9.17, 15) is 8.42 Å². The van der Waals surface area contributed by atoms with Gasteiger partial charge in [0.15, 0.2) is 0 Å². The summed E-state index contributed by atoms with van der Waals surface area (Å²) >= 11 is 0. The van der Waals surface area contributed by atoms with Gasteiger partial charge < -0.3 is 0 Å². The van der Waals surface area contributed by atoms with E-state index in [2.05, 4.69) is 19.3 Å². The van der Waals surface area contributed by atoms with E-state index in [0.29, 0.717) is 6.42 Å². The SMILES string of the molecule is CCCCCCCCCC(CC)NOS(=O)(=O)CCC.[Na]. The van der Waals surface area contributed by atoms with Gasteiger partial charge in [-0.3, -0.25) is 0 Å². The summed E-state index contributed by atoms with van der Waals surface area (Å²) in [4.78, 5) is 0. The van der Waals surface area contributed by atoms with Gasteiger partial charge in [-0.2, -0.15) is 18.2 Å². The first-order chi connectivity index (χ1) is 9.55. The van der Waals surface area contributed by atoms with E-state index >= 15 is 0 Å². The van der Waals surface area contributed by atoms with Crippen LogP contribution in [0, 0.1) is 0 Å².